The summed E-state index contributed by atoms with van der Waals surface area (Å²) in [6, 6.07) is 6.65. The van der Waals surface area contributed by atoms with Gasteiger partial charge in [-0.15, -0.1) is 0 Å². The number of amides is 1. The fraction of sp³-hybridized carbons (Fsp3) is 0.429. The van der Waals surface area contributed by atoms with Crippen LogP contribution in [0.1, 0.15) is 25.7 Å². The molecule has 1 amide bonds. The number of rotatable bonds is 5. The van der Waals surface area contributed by atoms with Gasteiger partial charge in [0.15, 0.2) is 10.9 Å². The van der Waals surface area contributed by atoms with Gasteiger partial charge in [-0.05, 0) is 31.4 Å². The van der Waals surface area contributed by atoms with E-state index in [1.54, 1.807) is 12.1 Å². The number of nitrogens with two attached hydrogens (primary N) is 1. The molecule has 2 aromatic carbocycles. The van der Waals surface area contributed by atoms with Crippen LogP contribution in [0.4, 0.5) is 24.1 Å². The number of nitrogen functional groups attached to an aromatic ring is 1. The summed E-state index contributed by atoms with van der Waals surface area (Å²) in [5.74, 6) is -3.62. The fourth-order valence-electron chi connectivity index (χ4n) is 6.44. The van der Waals surface area contributed by atoms with Crippen LogP contribution >= 0.6 is 22.9 Å². The largest absolute Gasteiger partial charge is 0.461 e. The monoisotopic (exact) mass is 617 g/mol. The van der Waals surface area contributed by atoms with Crippen molar-refractivity contribution in [2.24, 2.45) is 0 Å². The first-order chi connectivity index (χ1) is 20.1. The summed E-state index contributed by atoms with van der Waals surface area (Å²) in [6.07, 6.45) is 2.72. The van der Waals surface area contributed by atoms with Gasteiger partial charge in [0, 0.05) is 42.6 Å². The molecule has 0 bridgehead atoms. The van der Waals surface area contributed by atoms with Crippen LogP contribution in [0.15, 0.2) is 24.3 Å². The number of ether oxygens (including phenoxy) is 1. The third-order valence-electron chi connectivity index (χ3n) is 8.38. The highest BCUT2D eigenvalue weighted by Crippen LogP contribution is 2.43. The molecule has 0 radical (unpaired) electrons. The van der Waals surface area contributed by atoms with E-state index in [4.69, 9.17) is 22.1 Å². The van der Waals surface area contributed by atoms with Gasteiger partial charge in [0.25, 0.3) is 5.92 Å². The van der Waals surface area contributed by atoms with Gasteiger partial charge in [-0.2, -0.15) is 9.97 Å². The van der Waals surface area contributed by atoms with Crippen molar-refractivity contribution in [3.63, 3.8) is 0 Å². The van der Waals surface area contributed by atoms with Crippen molar-refractivity contribution in [1.29, 1.82) is 0 Å². The molecule has 3 fully saturated rings. The highest BCUT2D eigenvalue weighted by Gasteiger charge is 2.49. The highest BCUT2D eigenvalue weighted by molar-refractivity contribution is 7.22. The molecule has 1 unspecified atom stereocenters. The first-order valence-electron chi connectivity index (χ1n) is 13.8. The van der Waals surface area contributed by atoms with E-state index in [1.807, 2.05) is 11.0 Å². The minimum absolute atomic E-state index is 0.0576. The molecule has 5 heterocycles. The third kappa shape index (κ3) is 4.58. The summed E-state index contributed by atoms with van der Waals surface area (Å²) >= 11 is 7.98. The predicted molar refractivity (Wildman–Crippen MR) is 156 cm³/mol. The number of aromatic nitrogens is 3. The Morgan fingerprint density at radius 1 is 1.17 bits per heavy atom. The van der Waals surface area contributed by atoms with Crippen molar-refractivity contribution in [2.45, 2.75) is 37.1 Å². The molecule has 42 heavy (non-hydrogen) atoms. The summed E-state index contributed by atoms with van der Waals surface area (Å²) in [7, 11) is 0. The fourth-order valence-corrected chi connectivity index (χ4v) is 7.50. The summed E-state index contributed by atoms with van der Waals surface area (Å²) in [6.45, 7) is 0.148. The molecule has 2 aromatic heterocycles. The van der Waals surface area contributed by atoms with Crippen LogP contribution in [0.5, 0.6) is 6.01 Å². The van der Waals surface area contributed by atoms with Crippen LogP contribution < -0.4 is 20.7 Å². The first-order valence-corrected chi connectivity index (χ1v) is 15.0. The summed E-state index contributed by atoms with van der Waals surface area (Å²) < 4.78 is 52.9. The van der Waals surface area contributed by atoms with Gasteiger partial charge < -0.3 is 25.6 Å². The number of anilines is 2. The summed E-state index contributed by atoms with van der Waals surface area (Å²) in [5.41, 5.74) is 6.35. The van der Waals surface area contributed by atoms with E-state index in [2.05, 4.69) is 20.3 Å². The molecular weight excluding hydrogens is 591 g/mol. The Labute approximate surface area is 247 Å². The van der Waals surface area contributed by atoms with E-state index >= 15 is 4.39 Å². The molecule has 0 saturated carbocycles. The highest BCUT2D eigenvalue weighted by atomic mass is 35.5. The van der Waals surface area contributed by atoms with Crippen LogP contribution in [0.2, 0.25) is 5.02 Å². The van der Waals surface area contributed by atoms with Gasteiger partial charge in [-0.3, -0.25) is 4.79 Å². The Bertz CT molecular complexity index is 1740. The van der Waals surface area contributed by atoms with Crippen molar-refractivity contribution in [2.75, 3.05) is 50.0 Å². The van der Waals surface area contributed by atoms with Crippen molar-refractivity contribution < 1.29 is 22.7 Å². The summed E-state index contributed by atoms with van der Waals surface area (Å²) in [4.78, 5) is 29.0. The molecule has 3 aliphatic rings. The SMILES string of the molecule is Nc1nc2c(-c3c(Cl)cc4c(N5CCNCC(F)(F)C5)nc(OCC56CCCN5C(=O)CC6)nc4c3F)cccc2s1. The number of hydrogen-bond donors (Lipinski definition) is 2. The van der Waals surface area contributed by atoms with Crippen LogP contribution in [0, 0.1) is 5.82 Å². The second-order valence-corrected chi connectivity index (χ2v) is 12.6. The van der Waals surface area contributed by atoms with Crippen LogP contribution in [-0.2, 0) is 4.79 Å². The third-order valence-corrected chi connectivity index (χ3v) is 9.53. The number of carbonyl (C=O) groups excluding carboxylic acids is 1. The molecule has 3 saturated heterocycles. The number of nitrogens with one attached hydrogen (secondary N) is 1. The topological polar surface area (TPSA) is 109 Å². The van der Waals surface area contributed by atoms with Crippen LogP contribution in [0.3, 0.4) is 0 Å². The van der Waals surface area contributed by atoms with E-state index in [1.165, 1.54) is 22.3 Å². The lowest BCUT2D eigenvalue weighted by Gasteiger charge is -2.31. The predicted octanol–water partition coefficient (Wildman–Crippen LogP) is 4.86. The lowest BCUT2D eigenvalue weighted by Crippen LogP contribution is -2.45. The quantitative estimate of drug-likeness (QED) is 0.327. The Hall–Kier alpha value is -3.42. The smallest absolute Gasteiger partial charge is 0.319 e. The number of nitrogens with zero attached hydrogens (tertiary/aromatic N) is 5. The van der Waals surface area contributed by atoms with E-state index < -0.39 is 30.4 Å². The van der Waals surface area contributed by atoms with Crippen LogP contribution in [-0.4, -0.2) is 76.6 Å². The van der Waals surface area contributed by atoms with Crippen LogP contribution in [0.25, 0.3) is 32.2 Å². The molecule has 14 heteroatoms. The molecule has 9 nitrogen and oxygen atoms in total. The summed E-state index contributed by atoms with van der Waals surface area (Å²) in [5, 5.41) is 3.32. The van der Waals surface area contributed by atoms with Crippen molar-refractivity contribution in [3.05, 3.63) is 35.1 Å². The maximum atomic E-state index is 16.6. The molecular formula is C28H27ClF3N7O2S. The molecule has 3 N–H and O–H groups in total. The number of para-hydroxylation sites is 1. The van der Waals surface area contributed by atoms with E-state index in [0.717, 1.165) is 17.5 Å². The minimum Gasteiger partial charge on any atom is -0.461 e. The molecule has 0 aliphatic carbocycles. The van der Waals surface area contributed by atoms with Gasteiger partial charge >= 0.3 is 6.01 Å². The Morgan fingerprint density at radius 3 is 2.88 bits per heavy atom. The van der Waals surface area contributed by atoms with Gasteiger partial charge in [0.1, 0.15) is 17.9 Å². The Morgan fingerprint density at radius 2 is 2.02 bits per heavy atom. The molecule has 7 rings (SSSR count). The molecule has 1 atom stereocenters. The van der Waals surface area contributed by atoms with Crippen molar-refractivity contribution in [1.82, 2.24) is 25.2 Å². The van der Waals surface area contributed by atoms with Crippen molar-refractivity contribution >= 4 is 60.9 Å². The zero-order chi connectivity index (χ0) is 29.2. The number of hydrogen-bond acceptors (Lipinski definition) is 9. The number of alkyl halides is 2. The van der Waals surface area contributed by atoms with Gasteiger partial charge in [-0.25, -0.2) is 18.2 Å². The lowest BCUT2D eigenvalue weighted by molar-refractivity contribution is -0.130. The number of thiazole rings is 1. The Kier molecular flexibility index (Phi) is 6.59. The zero-order valence-electron chi connectivity index (χ0n) is 22.4. The molecule has 4 aromatic rings. The maximum Gasteiger partial charge on any atom is 0.319 e. The average molecular weight is 618 g/mol. The first kappa shape index (κ1) is 27.4. The number of fused-ring (bicyclic) bond motifs is 3. The molecule has 3 aliphatic heterocycles. The number of halogens is 4. The second-order valence-electron chi connectivity index (χ2n) is 11.1. The van der Waals surface area contributed by atoms with Gasteiger partial charge in [0.05, 0.1) is 33.9 Å². The number of benzene rings is 2. The molecule has 220 valence electrons. The lowest BCUT2D eigenvalue weighted by atomic mass is 9.95. The van der Waals surface area contributed by atoms with E-state index in [0.29, 0.717) is 35.6 Å². The molecule has 0 spiro atoms. The number of carbonyl (C=O) groups is 1. The Balaban J connectivity index is 1.38. The van der Waals surface area contributed by atoms with E-state index in [9.17, 15) is 13.6 Å². The maximum absolute atomic E-state index is 16.6. The second kappa shape index (κ2) is 10.1. The van der Waals surface area contributed by atoms with Gasteiger partial charge in [-0.1, -0.05) is 35.1 Å². The van der Waals surface area contributed by atoms with Gasteiger partial charge in [0.2, 0.25) is 5.91 Å². The van der Waals surface area contributed by atoms with E-state index in [-0.39, 0.29) is 58.9 Å². The average Bonchev–Trinajstić information content (AvgIpc) is 3.59. The van der Waals surface area contributed by atoms with Crippen molar-refractivity contribution in [3.8, 4) is 17.1 Å². The standard InChI is InChI=1S/C28H27ClF3N7O2S/c29-17-11-16-23(21(30)20(17)15-3-1-4-18-22(15)35-25(33)42-18)36-26(37-24(16)38-10-8-34-12-28(31,32)13-38)41-14-27-6-2-9-39(27)19(40)5-7-27/h1,3-4,11,34H,2,5-10,12-14H2,(H2,33,35). The normalized spacial score (nSPS) is 22.2. The zero-order valence-corrected chi connectivity index (χ0v) is 24.0. The minimum atomic E-state index is -3.05.